The molecule has 2 heterocycles. The Hall–Kier alpha value is -3.48. The Morgan fingerprint density at radius 2 is 1.98 bits per heavy atom. The second-order valence-electron chi connectivity index (χ2n) is 11.7. The number of amides is 4. The molecular weight excluding hydrogens is 567 g/mol. The van der Waals surface area contributed by atoms with Gasteiger partial charge in [0.15, 0.2) is 0 Å². The number of hydrogen-bond donors (Lipinski definition) is 2. The van der Waals surface area contributed by atoms with Crippen LogP contribution in [0.3, 0.4) is 0 Å². The Morgan fingerprint density at radius 1 is 1.19 bits per heavy atom. The highest BCUT2D eigenvalue weighted by Gasteiger charge is 2.62. The van der Waals surface area contributed by atoms with Crippen molar-refractivity contribution in [3.8, 4) is 0 Å². The summed E-state index contributed by atoms with van der Waals surface area (Å²) in [6.07, 6.45) is 7.91. The van der Waals surface area contributed by atoms with Crippen LogP contribution in [0.25, 0.3) is 0 Å². The van der Waals surface area contributed by atoms with Crippen LogP contribution >= 0.6 is 0 Å². The molecule has 2 aliphatic carbocycles. The number of nitrogens with one attached hydrogen (secondary N) is 2. The van der Waals surface area contributed by atoms with Gasteiger partial charge < -0.3 is 15.0 Å². The number of ether oxygens (including phenoxy) is 1. The molecule has 1 saturated heterocycles. The highest BCUT2D eigenvalue weighted by Crippen LogP contribution is 2.46. The molecule has 4 amide bonds. The zero-order chi connectivity index (χ0) is 30.1. The predicted octanol–water partition coefficient (Wildman–Crippen LogP) is 2.50. The Bertz CT molecular complexity index is 1380. The summed E-state index contributed by atoms with van der Waals surface area (Å²) in [5.74, 6) is -2.21. The number of rotatable bonds is 12. The van der Waals surface area contributed by atoms with Gasteiger partial charge in [0.25, 0.3) is 5.91 Å². The molecule has 2 aliphatic heterocycles. The van der Waals surface area contributed by atoms with Crippen LogP contribution in [0, 0.1) is 11.7 Å². The van der Waals surface area contributed by atoms with E-state index in [1.54, 1.807) is 12.1 Å². The van der Waals surface area contributed by atoms with Crippen molar-refractivity contribution in [3.63, 3.8) is 0 Å². The molecule has 2 N–H and O–H groups in total. The van der Waals surface area contributed by atoms with Gasteiger partial charge in [-0.2, -0.15) is 0 Å². The first-order chi connectivity index (χ1) is 20.1. The number of halogens is 1. The minimum Gasteiger partial charge on any atom is -0.444 e. The number of likely N-dealkylation sites (tertiary alicyclic amines) is 1. The maximum Gasteiger partial charge on any atom is 0.410 e. The number of nitrogens with zero attached hydrogens (tertiary/aromatic N) is 2. The molecule has 42 heavy (non-hydrogen) atoms. The smallest absolute Gasteiger partial charge is 0.410 e. The number of benzene rings is 1. The summed E-state index contributed by atoms with van der Waals surface area (Å²) in [5, 5.41) is 2.14. The molecule has 4 aliphatic rings. The SMILES string of the molecule is CCCCC/C=C\[C@@H]1CC1(NC(=O)[C@@H]1C[C@@H](OC(=O)N2Cc3cccc(F)c3C2)CN1C=O)C(=O)NS(=O)(=O)C1CC1. The van der Waals surface area contributed by atoms with Gasteiger partial charge in [-0.15, -0.1) is 0 Å². The molecule has 11 nitrogen and oxygen atoms in total. The van der Waals surface area contributed by atoms with Crippen LogP contribution in [-0.4, -0.2) is 72.0 Å². The maximum absolute atomic E-state index is 14.1. The third kappa shape index (κ3) is 6.30. The van der Waals surface area contributed by atoms with E-state index in [2.05, 4.69) is 17.0 Å². The summed E-state index contributed by atoms with van der Waals surface area (Å²) < 4.78 is 46.9. The number of unbranched alkanes of at least 4 members (excludes halogenated alkanes) is 3. The van der Waals surface area contributed by atoms with E-state index in [1.165, 1.54) is 15.9 Å². The van der Waals surface area contributed by atoms with E-state index in [9.17, 15) is 32.0 Å². The van der Waals surface area contributed by atoms with Gasteiger partial charge >= 0.3 is 6.09 Å². The first-order valence-corrected chi connectivity index (χ1v) is 16.1. The van der Waals surface area contributed by atoms with Crippen molar-refractivity contribution in [3.05, 3.63) is 47.3 Å². The van der Waals surface area contributed by atoms with E-state index in [0.29, 0.717) is 30.4 Å². The largest absolute Gasteiger partial charge is 0.444 e. The first kappa shape index (κ1) is 30.0. The predicted molar refractivity (Wildman–Crippen MR) is 149 cm³/mol. The van der Waals surface area contributed by atoms with E-state index in [4.69, 9.17) is 4.74 Å². The molecular formula is C29H37FN4O7S. The number of carbonyl (C=O) groups is 4. The fraction of sp³-hybridized carbons (Fsp3) is 0.586. The molecule has 3 fully saturated rings. The van der Waals surface area contributed by atoms with Gasteiger partial charge in [-0.25, -0.2) is 17.6 Å². The lowest BCUT2D eigenvalue weighted by Gasteiger charge is -2.24. The van der Waals surface area contributed by atoms with E-state index >= 15 is 0 Å². The van der Waals surface area contributed by atoms with Crippen molar-refractivity contribution in [2.75, 3.05) is 6.54 Å². The number of allylic oxidation sites excluding steroid dienone is 1. The molecule has 1 aromatic rings. The molecule has 0 radical (unpaired) electrons. The molecule has 4 atom stereocenters. The molecule has 228 valence electrons. The third-order valence-electron chi connectivity index (χ3n) is 8.50. The number of hydrogen-bond acceptors (Lipinski definition) is 7. The van der Waals surface area contributed by atoms with Crippen LogP contribution in [0.2, 0.25) is 0 Å². The number of sulfonamides is 1. The van der Waals surface area contributed by atoms with Crippen molar-refractivity contribution in [2.45, 2.75) is 94.3 Å². The Kier molecular flexibility index (Phi) is 8.58. The molecule has 1 unspecified atom stereocenters. The van der Waals surface area contributed by atoms with Gasteiger partial charge in [0.2, 0.25) is 22.3 Å². The lowest BCUT2D eigenvalue weighted by Crippen LogP contribution is -2.56. The zero-order valence-corrected chi connectivity index (χ0v) is 24.4. The highest BCUT2D eigenvalue weighted by atomic mass is 32.2. The molecule has 1 aromatic carbocycles. The van der Waals surface area contributed by atoms with E-state index in [1.807, 2.05) is 12.2 Å². The van der Waals surface area contributed by atoms with Crippen LogP contribution in [0.4, 0.5) is 9.18 Å². The van der Waals surface area contributed by atoms with E-state index in [0.717, 1.165) is 25.7 Å². The fourth-order valence-corrected chi connectivity index (χ4v) is 7.11. The summed E-state index contributed by atoms with van der Waals surface area (Å²) in [6, 6.07) is 3.62. The quantitative estimate of drug-likeness (QED) is 0.212. The van der Waals surface area contributed by atoms with Crippen LogP contribution in [0.1, 0.15) is 69.4 Å². The molecule has 13 heteroatoms. The van der Waals surface area contributed by atoms with Crippen molar-refractivity contribution in [1.82, 2.24) is 19.8 Å². The van der Waals surface area contributed by atoms with E-state index < -0.39 is 62.6 Å². The van der Waals surface area contributed by atoms with Crippen molar-refractivity contribution < 1.29 is 36.7 Å². The summed E-state index contributed by atoms with van der Waals surface area (Å²) in [6.45, 7) is 2.32. The lowest BCUT2D eigenvalue weighted by molar-refractivity contribution is -0.134. The zero-order valence-electron chi connectivity index (χ0n) is 23.6. The Balaban J connectivity index is 1.23. The van der Waals surface area contributed by atoms with E-state index in [-0.39, 0.29) is 32.5 Å². The summed E-state index contributed by atoms with van der Waals surface area (Å²) in [5.41, 5.74) is -0.330. The molecule has 0 aromatic heterocycles. The van der Waals surface area contributed by atoms with Crippen molar-refractivity contribution >= 4 is 34.3 Å². The number of carbonyl (C=O) groups excluding carboxylic acids is 4. The molecule has 2 saturated carbocycles. The molecule has 0 bridgehead atoms. The van der Waals surface area contributed by atoms with Gasteiger partial charge in [-0.1, -0.05) is 44.1 Å². The Morgan fingerprint density at radius 3 is 2.67 bits per heavy atom. The van der Waals surface area contributed by atoms with Crippen LogP contribution in [-0.2, 0) is 42.2 Å². The van der Waals surface area contributed by atoms with Gasteiger partial charge in [-0.05, 0) is 43.7 Å². The third-order valence-corrected chi connectivity index (χ3v) is 10.3. The monoisotopic (exact) mass is 604 g/mol. The normalized spacial score (nSPS) is 26.7. The summed E-state index contributed by atoms with van der Waals surface area (Å²) in [4.78, 5) is 54.0. The van der Waals surface area contributed by atoms with Gasteiger partial charge in [-0.3, -0.25) is 24.0 Å². The fourth-order valence-electron chi connectivity index (χ4n) is 5.75. The van der Waals surface area contributed by atoms with Crippen molar-refractivity contribution in [1.29, 1.82) is 0 Å². The van der Waals surface area contributed by atoms with Crippen LogP contribution < -0.4 is 10.0 Å². The summed E-state index contributed by atoms with van der Waals surface area (Å²) >= 11 is 0. The highest BCUT2D eigenvalue weighted by molar-refractivity contribution is 7.91. The average Bonchev–Trinajstić information content (AvgIpc) is 3.83. The minimum atomic E-state index is -3.84. The average molecular weight is 605 g/mol. The first-order valence-electron chi connectivity index (χ1n) is 14.6. The Labute approximate surface area is 244 Å². The van der Waals surface area contributed by atoms with Gasteiger partial charge in [0.1, 0.15) is 23.5 Å². The summed E-state index contributed by atoms with van der Waals surface area (Å²) in [7, 11) is -3.84. The standard InChI is InChI=1S/C29H37FN4O7S/c1-2-3-4-5-6-9-20-14-29(20,27(37)32-42(39,40)22-11-12-22)31-26(36)25-13-21(16-34(25)18-35)41-28(38)33-15-19-8-7-10-24(30)23(19)17-33/h6-10,18,20-22,25H,2-5,11-17H2,1H3,(H,31,36)(H,32,37)/b9-6-/t20-,21-,25+,29?/m1/s1. The molecule has 5 rings (SSSR count). The van der Waals surface area contributed by atoms with Gasteiger partial charge in [0.05, 0.1) is 18.3 Å². The van der Waals surface area contributed by atoms with Crippen LogP contribution in [0.15, 0.2) is 30.4 Å². The minimum absolute atomic E-state index is 0.00105. The van der Waals surface area contributed by atoms with Gasteiger partial charge in [0, 0.05) is 24.4 Å². The second kappa shape index (κ2) is 12.0. The molecule has 0 spiro atoms. The van der Waals surface area contributed by atoms with Crippen LogP contribution in [0.5, 0.6) is 0 Å². The number of fused-ring (bicyclic) bond motifs is 1. The maximum atomic E-state index is 14.1. The van der Waals surface area contributed by atoms with Crippen molar-refractivity contribution in [2.24, 2.45) is 5.92 Å². The topological polar surface area (TPSA) is 142 Å². The lowest BCUT2D eigenvalue weighted by atomic mass is 10.1. The second-order valence-corrected chi connectivity index (χ2v) is 13.6.